The van der Waals surface area contributed by atoms with Crippen molar-refractivity contribution in [1.82, 2.24) is 10.6 Å². The molecule has 0 radical (unpaired) electrons. The van der Waals surface area contributed by atoms with Crippen molar-refractivity contribution in [3.63, 3.8) is 0 Å². The summed E-state index contributed by atoms with van der Waals surface area (Å²) < 4.78 is 0. The molecule has 0 aromatic carbocycles. The SMILES string of the molecule is C1CC2CCNCC(C1)N2. The summed E-state index contributed by atoms with van der Waals surface area (Å²) in [6, 6.07) is 1.61. The molecule has 0 aliphatic carbocycles. The third-order valence-electron chi connectivity index (χ3n) is 2.64. The second-order valence-corrected chi connectivity index (χ2v) is 3.48. The smallest absolute Gasteiger partial charge is 0.0195 e. The van der Waals surface area contributed by atoms with E-state index in [1.807, 2.05) is 0 Å². The minimum Gasteiger partial charge on any atom is -0.315 e. The molecule has 0 spiro atoms. The van der Waals surface area contributed by atoms with Crippen molar-refractivity contribution in [3.8, 4) is 0 Å². The highest BCUT2D eigenvalue weighted by atomic mass is 15.0. The Kier molecular flexibility index (Phi) is 1.91. The molecule has 2 rings (SSSR count). The van der Waals surface area contributed by atoms with E-state index in [0.29, 0.717) is 0 Å². The van der Waals surface area contributed by atoms with Crippen LogP contribution in [0.3, 0.4) is 0 Å². The fourth-order valence-electron chi connectivity index (χ4n) is 2.05. The van der Waals surface area contributed by atoms with Crippen LogP contribution in [0, 0.1) is 0 Å². The molecule has 2 bridgehead atoms. The first-order valence-electron chi connectivity index (χ1n) is 4.42. The second kappa shape index (κ2) is 2.89. The quantitative estimate of drug-likeness (QED) is 0.511. The van der Waals surface area contributed by atoms with Crippen LogP contribution in [0.15, 0.2) is 0 Å². The van der Waals surface area contributed by atoms with E-state index in [-0.39, 0.29) is 0 Å². The lowest BCUT2D eigenvalue weighted by molar-refractivity contribution is 0.335. The number of hydrogen-bond donors (Lipinski definition) is 2. The Bertz CT molecular complexity index is 102. The van der Waals surface area contributed by atoms with Crippen molar-refractivity contribution in [1.29, 1.82) is 0 Å². The van der Waals surface area contributed by atoms with Gasteiger partial charge in [0, 0.05) is 18.6 Å². The molecule has 2 saturated heterocycles. The molecule has 2 nitrogen and oxygen atoms in total. The van der Waals surface area contributed by atoms with E-state index in [0.717, 1.165) is 12.1 Å². The summed E-state index contributed by atoms with van der Waals surface area (Å²) in [6.07, 6.45) is 5.54. The highest BCUT2D eigenvalue weighted by molar-refractivity contribution is 4.84. The maximum atomic E-state index is 3.65. The van der Waals surface area contributed by atoms with E-state index in [9.17, 15) is 0 Å². The van der Waals surface area contributed by atoms with Gasteiger partial charge in [0.05, 0.1) is 0 Å². The molecule has 0 amide bonds. The predicted octanol–water partition coefficient (Wildman–Crippen LogP) is 0.490. The zero-order chi connectivity index (χ0) is 6.81. The standard InChI is InChI=1S/C8H16N2/c1-2-7-4-5-9-6-8(3-1)10-7/h7-10H,1-6H2. The van der Waals surface area contributed by atoms with Gasteiger partial charge in [-0.05, 0) is 25.8 Å². The van der Waals surface area contributed by atoms with E-state index in [1.54, 1.807) is 0 Å². The molecule has 2 atom stereocenters. The van der Waals surface area contributed by atoms with Gasteiger partial charge in [0.2, 0.25) is 0 Å². The second-order valence-electron chi connectivity index (χ2n) is 3.48. The predicted molar refractivity (Wildman–Crippen MR) is 42.0 cm³/mol. The van der Waals surface area contributed by atoms with E-state index >= 15 is 0 Å². The third kappa shape index (κ3) is 1.32. The lowest BCUT2D eigenvalue weighted by Crippen LogP contribution is -2.43. The monoisotopic (exact) mass is 140 g/mol. The van der Waals surface area contributed by atoms with Crippen LogP contribution in [0.25, 0.3) is 0 Å². The summed E-state index contributed by atoms with van der Waals surface area (Å²) in [5, 5.41) is 7.11. The average molecular weight is 140 g/mol. The summed E-state index contributed by atoms with van der Waals surface area (Å²) in [5.41, 5.74) is 0. The zero-order valence-electron chi connectivity index (χ0n) is 6.40. The molecule has 2 aliphatic heterocycles. The molecule has 0 saturated carbocycles. The molecule has 2 N–H and O–H groups in total. The molecule has 0 aromatic heterocycles. The average Bonchev–Trinajstić information content (AvgIpc) is 2.12. The number of fused-ring (bicyclic) bond motifs is 2. The van der Waals surface area contributed by atoms with Crippen molar-refractivity contribution in [2.45, 2.75) is 37.8 Å². The number of piperidine rings is 1. The Labute approximate surface area is 62.4 Å². The van der Waals surface area contributed by atoms with Gasteiger partial charge in [0.15, 0.2) is 0 Å². The van der Waals surface area contributed by atoms with Gasteiger partial charge in [0.25, 0.3) is 0 Å². The van der Waals surface area contributed by atoms with Crippen molar-refractivity contribution >= 4 is 0 Å². The van der Waals surface area contributed by atoms with Gasteiger partial charge in [0.1, 0.15) is 0 Å². The van der Waals surface area contributed by atoms with Gasteiger partial charge in [-0.15, -0.1) is 0 Å². The lowest BCUT2D eigenvalue weighted by atomic mass is 9.98. The Hall–Kier alpha value is -0.0800. The molecular weight excluding hydrogens is 124 g/mol. The van der Waals surface area contributed by atoms with Crippen molar-refractivity contribution in [2.24, 2.45) is 0 Å². The Morgan fingerprint density at radius 3 is 2.90 bits per heavy atom. The van der Waals surface area contributed by atoms with Gasteiger partial charge >= 0.3 is 0 Å². The normalized spacial score (nSPS) is 40.8. The van der Waals surface area contributed by atoms with Crippen molar-refractivity contribution in [3.05, 3.63) is 0 Å². The minimum atomic E-state index is 0.779. The van der Waals surface area contributed by atoms with E-state index in [4.69, 9.17) is 0 Å². The molecule has 2 aliphatic rings. The Morgan fingerprint density at radius 1 is 1.00 bits per heavy atom. The van der Waals surface area contributed by atoms with Crippen LogP contribution in [0.4, 0.5) is 0 Å². The largest absolute Gasteiger partial charge is 0.315 e. The first kappa shape index (κ1) is 6.62. The molecule has 2 fully saturated rings. The van der Waals surface area contributed by atoms with Crippen LogP contribution in [0.2, 0.25) is 0 Å². The van der Waals surface area contributed by atoms with Gasteiger partial charge < -0.3 is 10.6 Å². The summed E-state index contributed by atoms with van der Waals surface area (Å²) in [7, 11) is 0. The van der Waals surface area contributed by atoms with Gasteiger partial charge in [-0.25, -0.2) is 0 Å². The minimum absolute atomic E-state index is 0.779. The summed E-state index contributed by atoms with van der Waals surface area (Å²) >= 11 is 0. The van der Waals surface area contributed by atoms with Crippen LogP contribution in [-0.4, -0.2) is 25.2 Å². The fraction of sp³-hybridized carbons (Fsp3) is 1.00. The van der Waals surface area contributed by atoms with Gasteiger partial charge in [-0.3, -0.25) is 0 Å². The van der Waals surface area contributed by atoms with Gasteiger partial charge in [-0.2, -0.15) is 0 Å². The van der Waals surface area contributed by atoms with Crippen LogP contribution < -0.4 is 10.6 Å². The Balaban J connectivity index is 1.96. The van der Waals surface area contributed by atoms with E-state index in [2.05, 4.69) is 10.6 Å². The molecule has 2 heterocycles. The molecule has 58 valence electrons. The van der Waals surface area contributed by atoms with E-state index in [1.165, 1.54) is 38.8 Å². The van der Waals surface area contributed by atoms with Crippen LogP contribution in [0.5, 0.6) is 0 Å². The molecule has 10 heavy (non-hydrogen) atoms. The first-order valence-corrected chi connectivity index (χ1v) is 4.42. The fourth-order valence-corrected chi connectivity index (χ4v) is 2.05. The third-order valence-corrected chi connectivity index (χ3v) is 2.64. The Morgan fingerprint density at radius 2 is 1.90 bits per heavy atom. The highest BCUT2D eigenvalue weighted by Gasteiger charge is 2.22. The highest BCUT2D eigenvalue weighted by Crippen LogP contribution is 2.15. The maximum Gasteiger partial charge on any atom is 0.0195 e. The maximum absolute atomic E-state index is 3.65. The molecular formula is C8H16N2. The number of rotatable bonds is 0. The molecule has 2 unspecified atom stereocenters. The van der Waals surface area contributed by atoms with Crippen LogP contribution in [0.1, 0.15) is 25.7 Å². The topological polar surface area (TPSA) is 24.1 Å². The van der Waals surface area contributed by atoms with Gasteiger partial charge in [-0.1, -0.05) is 6.42 Å². The van der Waals surface area contributed by atoms with E-state index < -0.39 is 0 Å². The summed E-state index contributed by atoms with van der Waals surface area (Å²) in [6.45, 7) is 2.41. The molecule has 2 heteroatoms. The van der Waals surface area contributed by atoms with Crippen LogP contribution in [-0.2, 0) is 0 Å². The number of hydrogen-bond acceptors (Lipinski definition) is 2. The number of nitrogens with one attached hydrogen (secondary N) is 2. The molecule has 0 aromatic rings. The summed E-state index contributed by atoms with van der Waals surface area (Å²) in [5.74, 6) is 0. The van der Waals surface area contributed by atoms with Crippen molar-refractivity contribution in [2.75, 3.05) is 13.1 Å². The zero-order valence-corrected chi connectivity index (χ0v) is 6.40. The van der Waals surface area contributed by atoms with Crippen molar-refractivity contribution < 1.29 is 0 Å². The first-order chi connectivity index (χ1) is 4.95. The summed E-state index contributed by atoms with van der Waals surface area (Å²) in [4.78, 5) is 0. The lowest BCUT2D eigenvalue weighted by Gasteiger charge is -2.27. The van der Waals surface area contributed by atoms with Crippen LogP contribution >= 0.6 is 0 Å².